The highest BCUT2D eigenvalue weighted by Gasteiger charge is 2.28. The minimum Gasteiger partial charge on any atom is -0.478 e. The molecular weight excluding hydrogens is 545 g/mol. The highest BCUT2D eigenvalue weighted by Crippen LogP contribution is 2.30. The number of aromatic nitrogens is 3. The van der Waals surface area contributed by atoms with Crippen LogP contribution in [-0.2, 0) is 19.7 Å². The Balaban J connectivity index is 1.11. The quantitative estimate of drug-likeness (QED) is 0.278. The standard InChI is InChI=1S/C31H33ClFN5O3/c1-36-12-11-24(36)17-38-28-15-21(31(39)40)6-8-27(28)34-29(38)18-37-13-9-20(10-14-37)26-3-2-4-30(35-26)41-19-22-5-7-23(32)16-25(22)33/h2-8,15-16,20,24H,9-14,17-19H2,1H3,(H,39,40). The molecule has 2 aromatic heterocycles. The summed E-state index contributed by atoms with van der Waals surface area (Å²) in [6.07, 6.45) is 3.04. The van der Waals surface area contributed by atoms with Crippen LogP contribution in [0.25, 0.3) is 11.0 Å². The molecule has 0 saturated carbocycles. The van der Waals surface area contributed by atoms with Gasteiger partial charge >= 0.3 is 5.97 Å². The number of fused-ring (bicyclic) bond motifs is 1. The lowest BCUT2D eigenvalue weighted by molar-refractivity contribution is 0.0697. The van der Waals surface area contributed by atoms with Gasteiger partial charge in [-0.15, -0.1) is 0 Å². The monoisotopic (exact) mass is 577 g/mol. The Morgan fingerprint density at radius 2 is 1.90 bits per heavy atom. The summed E-state index contributed by atoms with van der Waals surface area (Å²) in [6.45, 7) is 4.49. The number of halogens is 2. The highest BCUT2D eigenvalue weighted by molar-refractivity contribution is 6.30. The topological polar surface area (TPSA) is 83.7 Å². The lowest BCUT2D eigenvalue weighted by Gasteiger charge is -2.38. The van der Waals surface area contributed by atoms with Crippen molar-refractivity contribution in [1.82, 2.24) is 24.3 Å². The summed E-state index contributed by atoms with van der Waals surface area (Å²) < 4.78 is 22.2. The number of likely N-dealkylation sites (N-methyl/N-ethyl adjacent to an activating group) is 1. The Bertz CT molecular complexity index is 1570. The second-order valence-electron chi connectivity index (χ2n) is 11.0. The molecular formula is C31H33ClFN5O3. The number of pyridine rings is 1. The van der Waals surface area contributed by atoms with Crippen molar-refractivity contribution in [3.8, 4) is 5.88 Å². The molecule has 4 heterocycles. The van der Waals surface area contributed by atoms with Crippen LogP contribution in [0.4, 0.5) is 4.39 Å². The van der Waals surface area contributed by atoms with Crippen LogP contribution >= 0.6 is 11.6 Å². The maximum Gasteiger partial charge on any atom is 0.335 e. The lowest BCUT2D eigenvalue weighted by Crippen LogP contribution is -2.47. The first-order valence-electron chi connectivity index (χ1n) is 14.0. The van der Waals surface area contributed by atoms with Crippen molar-refractivity contribution in [3.63, 3.8) is 0 Å². The fourth-order valence-electron chi connectivity index (χ4n) is 5.76. The van der Waals surface area contributed by atoms with Crippen molar-refractivity contribution in [2.45, 2.75) is 50.9 Å². The number of carboxylic acids is 1. The largest absolute Gasteiger partial charge is 0.478 e. The van der Waals surface area contributed by atoms with Crippen LogP contribution in [0.2, 0.25) is 5.02 Å². The van der Waals surface area contributed by atoms with E-state index < -0.39 is 11.8 Å². The minimum absolute atomic E-state index is 0.0868. The van der Waals surface area contributed by atoms with Gasteiger partial charge in [0.05, 0.1) is 23.1 Å². The lowest BCUT2D eigenvalue weighted by atomic mass is 9.93. The molecule has 0 aliphatic carbocycles. The van der Waals surface area contributed by atoms with Crippen LogP contribution < -0.4 is 4.74 Å². The fourth-order valence-corrected chi connectivity index (χ4v) is 5.92. The van der Waals surface area contributed by atoms with Crippen molar-refractivity contribution in [3.05, 3.63) is 88.1 Å². The van der Waals surface area contributed by atoms with Crippen molar-refractivity contribution in [2.24, 2.45) is 0 Å². The molecule has 1 atom stereocenters. The molecule has 2 fully saturated rings. The summed E-state index contributed by atoms with van der Waals surface area (Å²) in [5.74, 6) is 0.447. The second-order valence-corrected chi connectivity index (χ2v) is 11.5. The third-order valence-corrected chi connectivity index (χ3v) is 8.65. The SMILES string of the molecule is CN1CCC1Cn1c(CN2CCC(c3cccc(OCc4ccc(Cl)cc4F)n3)CC2)nc2ccc(C(=O)O)cc21. The van der Waals surface area contributed by atoms with E-state index in [1.807, 2.05) is 18.2 Å². The van der Waals surface area contributed by atoms with Gasteiger partial charge in [0, 0.05) is 40.9 Å². The van der Waals surface area contributed by atoms with E-state index in [0.29, 0.717) is 35.0 Å². The number of likely N-dealkylation sites (tertiary alicyclic amines) is 2. The van der Waals surface area contributed by atoms with Gasteiger partial charge in [-0.2, -0.15) is 0 Å². The molecule has 1 N–H and O–H groups in total. The summed E-state index contributed by atoms with van der Waals surface area (Å²) in [7, 11) is 2.13. The van der Waals surface area contributed by atoms with Crippen LogP contribution in [-0.4, -0.2) is 68.1 Å². The Kier molecular flexibility index (Phi) is 7.92. The van der Waals surface area contributed by atoms with Crippen LogP contribution in [0.5, 0.6) is 5.88 Å². The third-order valence-electron chi connectivity index (χ3n) is 8.41. The number of ether oxygens (including phenoxy) is 1. The van der Waals surface area contributed by atoms with E-state index in [2.05, 4.69) is 21.4 Å². The van der Waals surface area contributed by atoms with E-state index in [-0.39, 0.29) is 12.2 Å². The molecule has 0 radical (unpaired) electrons. The zero-order chi connectivity index (χ0) is 28.5. The molecule has 1 unspecified atom stereocenters. The normalized spacial score (nSPS) is 18.5. The van der Waals surface area contributed by atoms with E-state index in [9.17, 15) is 14.3 Å². The number of piperidine rings is 1. The van der Waals surface area contributed by atoms with Gasteiger partial charge in [0.1, 0.15) is 18.2 Å². The number of hydrogen-bond acceptors (Lipinski definition) is 6. The minimum atomic E-state index is -0.927. The van der Waals surface area contributed by atoms with E-state index >= 15 is 0 Å². The third kappa shape index (κ3) is 6.07. The Hall–Kier alpha value is -3.53. The molecule has 10 heteroatoms. The molecule has 2 aliphatic heterocycles. The molecule has 0 amide bonds. The molecule has 2 aliphatic rings. The van der Waals surface area contributed by atoms with Crippen LogP contribution in [0, 0.1) is 5.82 Å². The number of benzene rings is 2. The van der Waals surface area contributed by atoms with E-state index in [1.54, 1.807) is 30.3 Å². The van der Waals surface area contributed by atoms with Gasteiger partial charge in [-0.25, -0.2) is 19.2 Å². The highest BCUT2D eigenvalue weighted by atomic mass is 35.5. The predicted octanol–water partition coefficient (Wildman–Crippen LogP) is 5.58. The van der Waals surface area contributed by atoms with Crippen molar-refractivity contribution in [2.75, 3.05) is 26.7 Å². The number of rotatable bonds is 9. The number of hydrogen-bond donors (Lipinski definition) is 1. The number of nitrogens with zero attached hydrogens (tertiary/aromatic N) is 5. The van der Waals surface area contributed by atoms with Crippen LogP contribution in [0.15, 0.2) is 54.6 Å². The molecule has 0 bridgehead atoms. The zero-order valence-electron chi connectivity index (χ0n) is 23.0. The van der Waals surface area contributed by atoms with Gasteiger partial charge in [-0.05, 0) is 82.3 Å². The van der Waals surface area contributed by atoms with Crippen LogP contribution in [0.3, 0.4) is 0 Å². The molecule has 2 aromatic carbocycles. The molecule has 2 saturated heterocycles. The Morgan fingerprint density at radius 1 is 1.07 bits per heavy atom. The Morgan fingerprint density at radius 3 is 2.61 bits per heavy atom. The maximum absolute atomic E-state index is 14.1. The van der Waals surface area contributed by atoms with Gasteiger partial charge < -0.3 is 19.3 Å². The smallest absolute Gasteiger partial charge is 0.335 e. The summed E-state index contributed by atoms with van der Waals surface area (Å²) in [5.41, 5.74) is 3.42. The van der Waals surface area contributed by atoms with Gasteiger partial charge in [-0.3, -0.25) is 4.90 Å². The first-order valence-corrected chi connectivity index (χ1v) is 14.4. The van der Waals surface area contributed by atoms with E-state index in [1.165, 1.54) is 6.07 Å². The number of aromatic carboxylic acids is 1. The average molecular weight is 578 g/mol. The second kappa shape index (κ2) is 11.8. The summed E-state index contributed by atoms with van der Waals surface area (Å²) >= 11 is 5.85. The van der Waals surface area contributed by atoms with Crippen molar-refractivity contribution < 1.29 is 19.0 Å². The zero-order valence-corrected chi connectivity index (χ0v) is 23.7. The van der Waals surface area contributed by atoms with Crippen molar-refractivity contribution in [1.29, 1.82) is 0 Å². The van der Waals surface area contributed by atoms with Gasteiger partial charge in [0.15, 0.2) is 0 Å². The molecule has 0 spiro atoms. The number of carboxylic acid groups (broad SMARTS) is 1. The molecule has 8 nitrogen and oxygen atoms in total. The fraction of sp³-hybridized carbons (Fsp3) is 0.387. The van der Waals surface area contributed by atoms with E-state index in [4.69, 9.17) is 26.3 Å². The van der Waals surface area contributed by atoms with E-state index in [0.717, 1.165) is 68.0 Å². The van der Waals surface area contributed by atoms with Gasteiger partial charge in [0.25, 0.3) is 0 Å². The van der Waals surface area contributed by atoms with Crippen molar-refractivity contribution >= 4 is 28.6 Å². The number of imidazole rings is 1. The molecule has 41 heavy (non-hydrogen) atoms. The Labute approximate surface area is 243 Å². The van der Waals surface area contributed by atoms with Gasteiger partial charge in [0.2, 0.25) is 5.88 Å². The first kappa shape index (κ1) is 27.6. The average Bonchev–Trinajstić information content (AvgIpc) is 3.31. The number of carbonyl (C=O) groups is 1. The summed E-state index contributed by atoms with van der Waals surface area (Å²) in [4.78, 5) is 26.1. The van der Waals surface area contributed by atoms with Crippen LogP contribution in [0.1, 0.15) is 52.6 Å². The first-order chi connectivity index (χ1) is 19.8. The molecule has 214 valence electrons. The summed E-state index contributed by atoms with van der Waals surface area (Å²) in [5, 5.41) is 9.90. The predicted molar refractivity (Wildman–Crippen MR) is 155 cm³/mol. The molecule has 4 aromatic rings. The maximum atomic E-state index is 14.1. The summed E-state index contributed by atoms with van der Waals surface area (Å²) in [6, 6.07) is 16.0. The van der Waals surface area contributed by atoms with Gasteiger partial charge in [-0.1, -0.05) is 23.7 Å². The molecule has 6 rings (SSSR count).